The van der Waals surface area contributed by atoms with Crippen LogP contribution in [0, 0.1) is 17.1 Å². The Morgan fingerprint density at radius 3 is 2.45 bits per heavy atom. The fourth-order valence-electron chi connectivity index (χ4n) is 3.54. The summed E-state index contributed by atoms with van der Waals surface area (Å²) in [6, 6.07) is 15.6. The van der Waals surface area contributed by atoms with Crippen LogP contribution in [0.2, 0.25) is 0 Å². The lowest BCUT2D eigenvalue weighted by Gasteiger charge is -2.34. The van der Waals surface area contributed by atoms with Crippen LogP contribution in [0.4, 0.5) is 4.39 Å². The molecule has 1 aliphatic heterocycles. The lowest BCUT2D eigenvalue weighted by atomic mass is 10.1. The number of nitriles is 1. The van der Waals surface area contributed by atoms with Crippen molar-refractivity contribution >= 4 is 5.91 Å². The average Bonchev–Trinajstić information content (AvgIpc) is 3.28. The van der Waals surface area contributed by atoms with Gasteiger partial charge >= 0.3 is 0 Å². The second-order valence-electron chi connectivity index (χ2n) is 7.48. The molecule has 0 bridgehead atoms. The van der Waals surface area contributed by atoms with Gasteiger partial charge in [-0.05, 0) is 42.0 Å². The van der Waals surface area contributed by atoms with Crippen molar-refractivity contribution in [3.8, 4) is 17.5 Å². The first-order chi connectivity index (χ1) is 15.1. The van der Waals surface area contributed by atoms with Gasteiger partial charge in [-0.2, -0.15) is 10.2 Å². The van der Waals surface area contributed by atoms with Crippen molar-refractivity contribution in [3.05, 3.63) is 71.4 Å². The standard InChI is InChI=1S/C23H22FN5O2/c24-20-7-5-19(6-8-20)23-26-21(31-27-23)9-10-22(30)29-13-11-28(12-14-29)16-18-3-1-17(15-25)2-4-18/h1-8H,9-14,16H2. The molecule has 8 heteroatoms. The molecule has 0 spiro atoms. The third-order valence-corrected chi connectivity index (χ3v) is 5.34. The number of nitrogens with zero attached hydrogens (tertiary/aromatic N) is 5. The van der Waals surface area contributed by atoms with Crippen LogP contribution in [-0.2, 0) is 17.8 Å². The van der Waals surface area contributed by atoms with E-state index < -0.39 is 0 Å². The van der Waals surface area contributed by atoms with E-state index in [1.807, 2.05) is 29.2 Å². The SMILES string of the molecule is N#Cc1ccc(CN2CCN(C(=O)CCc3nc(-c4ccc(F)cc4)no3)CC2)cc1. The number of aromatic nitrogens is 2. The van der Waals surface area contributed by atoms with E-state index in [4.69, 9.17) is 9.78 Å². The molecule has 1 fully saturated rings. The zero-order valence-corrected chi connectivity index (χ0v) is 17.0. The van der Waals surface area contributed by atoms with Gasteiger partial charge < -0.3 is 9.42 Å². The van der Waals surface area contributed by atoms with Crippen LogP contribution in [0.5, 0.6) is 0 Å². The Bertz CT molecular complexity index is 1060. The lowest BCUT2D eigenvalue weighted by molar-refractivity contribution is -0.133. The maximum atomic E-state index is 13.0. The molecule has 2 aromatic carbocycles. The number of hydrogen-bond acceptors (Lipinski definition) is 6. The fourth-order valence-corrected chi connectivity index (χ4v) is 3.54. The number of carbonyl (C=O) groups excluding carboxylic acids is 1. The molecule has 0 unspecified atom stereocenters. The van der Waals surface area contributed by atoms with Gasteiger partial charge in [0.15, 0.2) is 0 Å². The molecule has 0 saturated carbocycles. The van der Waals surface area contributed by atoms with E-state index in [0.717, 1.165) is 25.2 Å². The molecule has 2 heterocycles. The van der Waals surface area contributed by atoms with Crippen LogP contribution in [0.15, 0.2) is 53.1 Å². The Morgan fingerprint density at radius 2 is 1.77 bits per heavy atom. The van der Waals surface area contributed by atoms with Crippen molar-refractivity contribution in [3.63, 3.8) is 0 Å². The second kappa shape index (κ2) is 9.49. The maximum absolute atomic E-state index is 13.0. The van der Waals surface area contributed by atoms with Gasteiger partial charge in [0.05, 0.1) is 11.6 Å². The summed E-state index contributed by atoms with van der Waals surface area (Å²) in [5, 5.41) is 12.8. The average molecular weight is 419 g/mol. The van der Waals surface area contributed by atoms with Gasteiger partial charge in [0.1, 0.15) is 5.82 Å². The molecule has 158 valence electrons. The van der Waals surface area contributed by atoms with Crippen LogP contribution in [0.1, 0.15) is 23.4 Å². The number of rotatable bonds is 6. The van der Waals surface area contributed by atoms with Crippen LogP contribution in [-0.4, -0.2) is 52.0 Å². The molecule has 0 radical (unpaired) electrons. The van der Waals surface area contributed by atoms with Crippen molar-refractivity contribution in [2.45, 2.75) is 19.4 Å². The smallest absolute Gasteiger partial charge is 0.227 e. The number of aryl methyl sites for hydroxylation is 1. The predicted octanol–water partition coefficient (Wildman–Crippen LogP) is 3.02. The van der Waals surface area contributed by atoms with E-state index >= 15 is 0 Å². The minimum Gasteiger partial charge on any atom is -0.340 e. The van der Waals surface area contributed by atoms with E-state index in [0.29, 0.717) is 48.8 Å². The van der Waals surface area contributed by atoms with Crippen molar-refractivity contribution in [1.82, 2.24) is 19.9 Å². The maximum Gasteiger partial charge on any atom is 0.227 e. The highest BCUT2D eigenvalue weighted by atomic mass is 19.1. The predicted molar refractivity (Wildman–Crippen MR) is 111 cm³/mol. The van der Waals surface area contributed by atoms with E-state index in [9.17, 15) is 9.18 Å². The number of hydrogen-bond donors (Lipinski definition) is 0. The quantitative estimate of drug-likeness (QED) is 0.611. The number of benzene rings is 2. The van der Waals surface area contributed by atoms with E-state index in [2.05, 4.69) is 21.1 Å². The minimum atomic E-state index is -0.324. The highest BCUT2D eigenvalue weighted by molar-refractivity contribution is 5.76. The summed E-state index contributed by atoms with van der Waals surface area (Å²) < 4.78 is 18.3. The molecule has 0 N–H and O–H groups in total. The summed E-state index contributed by atoms with van der Waals surface area (Å²) in [6.45, 7) is 3.78. The normalized spacial score (nSPS) is 14.4. The van der Waals surface area contributed by atoms with Crippen molar-refractivity contribution in [1.29, 1.82) is 5.26 Å². The van der Waals surface area contributed by atoms with Crippen molar-refractivity contribution in [2.75, 3.05) is 26.2 Å². The second-order valence-corrected chi connectivity index (χ2v) is 7.48. The summed E-state index contributed by atoms with van der Waals surface area (Å²) in [4.78, 5) is 21.0. The largest absolute Gasteiger partial charge is 0.340 e. The molecule has 4 rings (SSSR count). The summed E-state index contributed by atoms with van der Waals surface area (Å²) in [5.41, 5.74) is 2.48. The van der Waals surface area contributed by atoms with E-state index in [1.54, 1.807) is 12.1 Å². The topological polar surface area (TPSA) is 86.3 Å². The first-order valence-electron chi connectivity index (χ1n) is 10.2. The third-order valence-electron chi connectivity index (χ3n) is 5.34. The minimum absolute atomic E-state index is 0.0690. The number of piperazine rings is 1. The molecule has 3 aromatic rings. The molecule has 1 aliphatic rings. The van der Waals surface area contributed by atoms with Crippen molar-refractivity contribution < 1.29 is 13.7 Å². The van der Waals surface area contributed by atoms with Crippen LogP contribution in [0.3, 0.4) is 0 Å². The van der Waals surface area contributed by atoms with Gasteiger partial charge in [-0.15, -0.1) is 0 Å². The lowest BCUT2D eigenvalue weighted by Crippen LogP contribution is -2.48. The molecular formula is C23H22FN5O2. The van der Waals surface area contributed by atoms with Gasteiger partial charge in [-0.1, -0.05) is 17.3 Å². The molecule has 1 saturated heterocycles. The van der Waals surface area contributed by atoms with Crippen LogP contribution in [0.25, 0.3) is 11.4 Å². The zero-order valence-electron chi connectivity index (χ0n) is 17.0. The highest BCUT2D eigenvalue weighted by Gasteiger charge is 2.21. The Kier molecular flexibility index (Phi) is 6.34. The molecule has 7 nitrogen and oxygen atoms in total. The summed E-state index contributed by atoms with van der Waals surface area (Å²) in [6.07, 6.45) is 0.680. The summed E-state index contributed by atoms with van der Waals surface area (Å²) in [7, 11) is 0. The van der Waals surface area contributed by atoms with Gasteiger partial charge in [-0.3, -0.25) is 9.69 Å². The highest BCUT2D eigenvalue weighted by Crippen LogP contribution is 2.17. The third kappa shape index (κ3) is 5.32. The zero-order chi connectivity index (χ0) is 21.6. The van der Waals surface area contributed by atoms with Gasteiger partial charge in [0, 0.05) is 51.1 Å². The molecule has 31 heavy (non-hydrogen) atoms. The Morgan fingerprint density at radius 1 is 1.06 bits per heavy atom. The van der Waals surface area contributed by atoms with Crippen LogP contribution >= 0.6 is 0 Å². The first-order valence-corrected chi connectivity index (χ1v) is 10.2. The molecule has 0 aliphatic carbocycles. The Balaban J connectivity index is 1.23. The first kappa shape index (κ1) is 20.7. The monoisotopic (exact) mass is 419 g/mol. The number of halogens is 1. The molecule has 1 amide bonds. The Hall–Kier alpha value is -3.57. The van der Waals surface area contributed by atoms with Gasteiger partial charge in [-0.25, -0.2) is 4.39 Å². The van der Waals surface area contributed by atoms with Gasteiger partial charge in [0.25, 0.3) is 0 Å². The molecule has 1 aromatic heterocycles. The molecular weight excluding hydrogens is 397 g/mol. The summed E-state index contributed by atoms with van der Waals surface area (Å²) >= 11 is 0. The fraction of sp³-hybridized carbons (Fsp3) is 0.304. The van der Waals surface area contributed by atoms with E-state index in [-0.39, 0.29) is 11.7 Å². The van der Waals surface area contributed by atoms with E-state index in [1.165, 1.54) is 12.1 Å². The van der Waals surface area contributed by atoms with Crippen LogP contribution < -0.4 is 0 Å². The number of carbonyl (C=O) groups is 1. The molecule has 0 atom stereocenters. The summed E-state index contributed by atoms with van der Waals surface area (Å²) in [5.74, 6) is 0.528. The Labute approximate surface area is 179 Å². The van der Waals surface area contributed by atoms with Crippen molar-refractivity contribution in [2.24, 2.45) is 0 Å². The van der Waals surface area contributed by atoms with Gasteiger partial charge in [0.2, 0.25) is 17.6 Å². The number of amides is 1.